The van der Waals surface area contributed by atoms with Crippen molar-refractivity contribution in [1.82, 2.24) is 0 Å². The van der Waals surface area contributed by atoms with E-state index in [1.54, 1.807) is 6.07 Å². The monoisotopic (exact) mass is 242 g/mol. The van der Waals surface area contributed by atoms with Crippen LogP contribution in [0.3, 0.4) is 0 Å². The lowest BCUT2D eigenvalue weighted by Gasteiger charge is -2.17. The van der Waals surface area contributed by atoms with Crippen LogP contribution in [0.2, 0.25) is 5.02 Å². The zero-order valence-corrected chi connectivity index (χ0v) is 9.96. The fourth-order valence-corrected chi connectivity index (χ4v) is 1.93. The van der Waals surface area contributed by atoms with Gasteiger partial charge in [0, 0.05) is 24.5 Å². The Labute approximate surface area is 99.9 Å². The summed E-state index contributed by atoms with van der Waals surface area (Å²) in [6, 6.07) is 3.67. The molecule has 0 fully saturated rings. The summed E-state index contributed by atoms with van der Waals surface area (Å²) < 4.78 is 11.2. The number of benzene rings is 1. The lowest BCUT2D eigenvalue weighted by Crippen LogP contribution is -2.04. The van der Waals surface area contributed by atoms with Crippen LogP contribution in [-0.2, 0) is 0 Å². The van der Waals surface area contributed by atoms with E-state index in [0.29, 0.717) is 29.7 Å². The molecule has 3 nitrogen and oxygen atoms in total. The highest BCUT2D eigenvalue weighted by Crippen LogP contribution is 2.42. The summed E-state index contributed by atoms with van der Waals surface area (Å²) in [6.07, 6.45) is 0.845. The van der Waals surface area contributed by atoms with Crippen molar-refractivity contribution >= 4 is 11.6 Å². The van der Waals surface area contributed by atoms with Crippen molar-refractivity contribution in [3.05, 3.63) is 22.7 Å². The minimum absolute atomic E-state index is 0.0210. The van der Waals surface area contributed by atoms with Crippen LogP contribution < -0.4 is 9.47 Å². The molecule has 1 aliphatic heterocycles. The summed E-state index contributed by atoms with van der Waals surface area (Å²) in [5, 5.41) is 9.76. The highest BCUT2D eigenvalue weighted by molar-refractivity contribution is 6.32. The van der Waals surface area contributed by atoms with Gasteiger partial charge in [-0.15, -0.1) is 0 Å². The van der Waals surface area contributed by atoms with Crippen LogP contribution in [0.5, 0.6) is 11.5 Å². The third-order valence-electron chi connectivity index (χ3n) is 2.68. The molecule has 1 atom stereocenters. The highest BCUT2D eigenvalue weighted by Gasteiger charge is 2.20. The Kier molecular flexibility index (Phi) is 3.56. The maximum absolute atomic E-state index is 9.20. The van der Waals surface area contributed by atoms with Crippen LogP contribution in [0.4, 0.5) is 0 Å². The molecule has 0 aliphatic carbocycles. The van der Waals surface area contributed by atoms with Gasteiger partial charge in [-0.25, -0.2) is 0 Å². The first-order valence-electron chi connectivity index (χ1n) is 5.43. The molecule has 0 saturated heterocycles. The van der Waals surface area contributed by atoms with Gasteiger partial charge in [-0.3, -0.25) is 0 Å². The summed E-state index contributed by atoms with van der Waals surface area (Å²) in [6.45, 7) is 3.26. The molecule has 88 valence electrons. The second-order valence-electron chi connectivity index (χ2n) is 3.93. The number of ether oxygens (including phenoxy) is 2. The van der Waals surface area contributed by atoms with Crippen LogP contribution in [0.15, 0.2) is 12.1 Å². The molecule has 2 rings (SSSR count). The van der Waals surface area contributed by atoms with Crippen molar-refractivity contribution in [3.8, 4) is 11.5 Å². The van der Waals surface area contributed by atoms with Gasteiger partial charge in [-0.1, -0.05) is 24.6 Å². The van der Waals surface area contributed by atoms with E-state index in [4.69, 9.17) is 21.1 Å². The van der Waals surface area contributed by atoms with E-state index < -0.39 is 0 Å². The molecular weight excluding hydrogens is 228 g/mol. The predicted octanol–water partition coefficient (Wildman–Crippen LogP) is 2.60. The number of aliphatic hydroxyl groups excluding tert-OH is 1. The molecule has 0 aromatic heterocycles. The van der Waals surface area contributed by atoms with E-state index in [2.05, 4.69) is 0 Å². The maximum Gasteiger partial charge on any atom is 0.180 e. The summed E-state index contributed by atoms with van der Waals surface area (Å²) in [7, 11) is 0. The fraction of sp³-hybridized carbons (Fsp3) is 0.500. The fourth-order valence-electron chi connectivity index (χ4n) is 1.73. The zero-order valence-electron chi connectivity index (χ0n) is 9.20. The molecule has 1 aromatic rings. The van der Waals surface area contributed by atoms with E-state index >= 15 is 0 Å². The highest BCUT2D eigenvalue weighted by atomic mass is 35.5. The first-order chi connectivity index (χ1) is 7.74. The molecule has 4 heteroatoms. The lowest BCUT2D eigenvalue weighted by molar-refractivity contribution is 0.265. The van der Waals surface area contributed by atoms with Crippen molar-refractivity contribution in [2.24, 2.45) is 0 Å². The Morgan fingerprint density at radius 3 is 2.69 bits per heavy atom. The molecule has 0 radical (unpaired) electrons. The van der Waals surface area contributed by atoms with Gasteiger partial charge >= 0.3 is 0 Å². The second kappa shape index (κ2) is 4.93. The number of halogens is 1. The van der Waals surface area contributed by atoms with E-state index in [-0.39, 0.29) is 12.5 Å². The smallest absolute Gasteiger partial charge is 0.180 e. The third-order valence-corrected chi connectivity index (χ3v) is 2.98. The van der Waals surface area contributed by atoms with Gasteiger partial charge in [0.1, 0.15) is 0 Å². The van der Waals surface area contributed by atoms with Gasteiger partial charge < -0.3 is 14.6 Å². The summed E-state index contributed by atoms with van der Waals surface area (Å²) in [4.78, 5) is 0. The van der Waals surface area contributed by atoms with Gasteiger partial charge in [0.25, 0.3) is 0 Å². The van der Waals surface area contributed by atoms with Gasteiger partial charge in [0.2, 0.25) is 0 Å². The van der Waals surface area contributed by atoms with Crippen LogP contribution in [-0.4, -0.2) is 24.9 Å². The lowest BCUT2D eigenvalue weighted by atomic mass is 10.0. The maximum atomic E-state index is 9.20. The molecule has 1 heterocycles. The van der Waals surface area contributed by atoms with Gasteiger partial charge in [0.15, 0.2) is 11.5 Å². The molecule has 16 heavy (non-hydrogen) atoms. The van der Waals surface area contributed by atoms with Gasteiger partial charge in [-0.2, -0.15) is 0 Å². The zero-order chi connectivity index (χ0) is 11.5. The molecular formula is C12H15ClO3. The van der Waals surface area contributed by atoms with Gasteiger partial charge in [-0.05, 0) is 6.07 Å². The Hall–Kier alpha value is -0.930. The molecule has 0 saturated carbocycles. The average molecular weight is 243 g/mol. The average Bonchev–Trinajstić information content (AvgIpc) is 2.55. The SMILES string of the molecule is CC(CO)c1ccc(Cl)c2c1OCCCO2. The first kappa shape index (κ1) is 11.6. The van der Waals surface area contributed by atoms with Crippen LogP contribution >= 0.6 is 11.6 Å². The van der Waals surface area contributed by atoms with Crippen molar-refractivity contribution in [1.29, 1.82) is 0 Å². The van der Waals surface area contributed by atoms with E-state index in [9.17, 15) is 5.11 Å². The molecule has 1 aromatic carbocycles. The largest absolute Gasteiger partial charge is 0.489 e. The number of rotatable bonds is 2. The normalized spacial score (nSPS) is 16.7. The summed E-state index contributed by atoms with van der Waals surface area (Å²) in [5.74, 6) is 1.32. The van der Waals surface area contributed by atoms with E-state index in [1.807, 2.05) is 13.0 Å². The number of fused-ring (bicyclic) bond motifs is 1. The molecule has 1 unspecified atom stereocenters. The van der Waals surface area contributed by atoms with E-state index in [1.165, 1.54) is 0 Å². The standard InChI is InChI=1S/C12H15ClO3/c1-8(7-14)9-3-4-10(13)12-11(9)15-5-2-6-16-12/h3-4,8,14H,2,5-7H2,1H3. The minimum Gasteiger partial charge on any atom is -0.489 e. The Bertz CT molecular complexity index is 379. The Balaban J connectivity index is 2.47. The van der Waals surface area contributed by atoms with E-state index in [0.717, 1.165) is 12.0 Å². The number of hydrogen-bond acceptors (Lipinski definition) is 3. The van der Waals surface area contributed by atoms with Crippen molar-refractivity contribution < 1.29 is 14.6 Å². The Morgan fingerprint density at radius 2 is 2.00 bits per heavy atom. The molecule has 0 spiro atoms. The second-order valence-corrected chi connectivity index (χ2v) is 4.34. The quantitative estimate of drug-likeness (QED) is 0.867. The summed E-state index contributed by atoms with van der Waals surface area (Å²) in [5.41, 5.74) is 0.948. The van der Waals surface area contributed by atoms with Crippen LogP contribution in [0.25, 0.3) is 0 Å². The third kappa shape index (κ3) is 2.11. The van der Waals surface area contributed by atoms with Gasteiger partial charge in [0.05, 0.1) is 18.2 Å². The molecule has 1 aliphatic rings. The predicted molar refractivity (Wildman–Crippen MR) is 62.6 cm³/mol. The van der Waals surface area contributed by atoms with Crippen LogP contribution in [0, 0.1) is 0 Å². The first-order valence-corrected chi connectivity index (χ1v) is 5.80. The van der Waals surface area contributed by atoms with Crippen molar-refractivity contribution in [2.75, 3.05) is 19.8 Å². The van der Waals surface area contributed by atoms with Crippen molar-refractivity contribution in [2.45, 2.75) is 19.3 Å². The van der Waals surface area contributed by atoms with Crippen LogP contribution in [0.1, 0.15) is 24.8 Å². The molecule has 1 N–H and O–H groups in total. The number of hydrogen-bond donors (Lipinski definition) is 1. The molecule has 0 bridgehead atoms. The van der Waals surface area contributed by atoms with Crippen molar-refractivity contribution in [3.63, 3.8) is 0 Å². The molecule has 0 amide bonds. The topological polar surface area (TPSA) is 38.7 Å². The minimum atomic E-state index is 0.0210. The summed E-state index contributed by atoms with van der Waals surface area (Å²) >= 11 is 6.07. The number of aliphatic hydroxyl groups is 1. The Morgan fingerprint density at radius 1 is 1.31 bits per heavy atom.